The summed E-state index contributed by atoms with van der Waals surface area (Å²) in [6, 6.07) is 13.6. The number of Topliss-reactive ketones (excluding diaryl/α,β-unsaturated/α-hetero) is 1. The minimum atomic E-state index is -1.05. The van der Waals surface area contributed by atoms with E-state index in [4.69, 9.17) is 32.7 Å². The second-order valence-corrected chi connectivity index (χ2v) is 8.21. The third-order valence-corrected chi connectivity index (χ3v) is 6.00. The van der Waals surface area contributed by atoms with Gasteiger partial charge in [0.2, 0.25) is 0 Å². The third-order valence-electron chi connectivity index (χ3n) is 5.44. The van der Waals surface area contributed by atoms with Gasteiger partial charge < -0.3 is 14.6 Å². The number of hydrogen-bond donors (Lipinski definition) is 1. The van der Waals surface area contributed by atoms with Gasteiger partial charge >= 0.3 is 0 Å². The SMILES string of the molecule is COc1cccc(N2C(=O)C(=O)/C(=C(/O)c3cc(Cl)c(OC)c(Cl)c3)C2c2ccc(F)cc2)c1. The summed E-state index contributed by atoms with van der Waals surface area (Å²) in [6.45, 7) is 0. The number of carbonyl (C=O) groups is 2. The van der Waals surface area contributed by atoms with Gasteiger partial charge in [-0.05, 0) is 42.0 Å². The number of rotatable bonds is 5. The minimum absolute atomic E-state index is 0.108. The summed E-state index contributed by atoms with van der Waals surface area (Å²) in [4.78, 5) is 27.6. The van der Waals surface area contributed by atoms with Crippen LogP contribution in [0.3, 0.4) is 0 Å². The summed E-state index contributed by atoms with van der Waals surface area (Å²) in [7, 11) is 2.86. The fraction of sp³-hybridized carbons (Fsp3) is 0.120. The molecule has 1 N–H and O–H groups in total. The number of anilines is 1. The smallest absolute Gasteiger partial charge is 0.300 e. The van der Waals surface area contributed by atoms with E-state index in [9.17, 15) is 19.1 Å². The Balaban J connectivity index is 1.96. The molecular formula is C25H18Cl2FNO5. The van der Waals surface area contributed by atoms with Crippen LogP contribution < -0.4 is 14.4 Å². The first-order valence-corrected chi connectivity index (χ1v) is 10.8. The van der Waals surface area contributed by atoms with Crippen molar-refractivity contribution in [3.63, 3.8) is 0 Å². The van der Waals surface area contributed by atoms with Crippen LogP contribution in [0, 0.1) is 5.82 Å². The standard InChI is InChI=1S/C25H18Cl2FNO5/c1-33-17-5-3-4-16(12-17)29-21(13-6-8-15(28)9-7-13)20(23(31)25(29)32)22(30)14-10-18(26)24(34-2)19(27)11-14/h3-12,21,30H,1-2H3/b22-20+. The molecule has 1 unspecified atom stereocenters. The molecule has 174 valence electrons. The molecular weight excluding hydrogens is 484 g/mol. The van der Waals surface area contributed by atoms with Crippen LogP contribution in [0.4, 0.5) is 10.1 Å². The Bertz CT molecular complexity index is 1300. The number of halogens is 3. The first-order chi connectivity index (χ1) is 16.3. The normalized spacial score (nSPS) is 17.2. The minimum Gasteiger partial charge on any atom is -0.507 e. The molecule has 1 aliphatic heterocycles. The molecule has 1 amide bonds. The zero-order valence-corrected chi connectivity index (χ0v) is 19.5. The quantitative estimate of drug-likeness (QED) is 0.272. The first kappa shape index (κ1) is 23.6. The zero-order chi connectivity index (χ0) is 24.6. The molecule has 4 rings (SSSR count). The van der Waals surface area contributed by atoms with Gasteiger partial charge in [0.25, 0.3) is 11.7 Å². The van der Waals surface area contributed by atoms with Crippen molar-refractivity contribution in [1.82, 2.24) is 0 Å². The van der Waals surface area contributed by atoms with E-state index in [2.05, 4.69) is 0 Å². The second kappa shape index (κ2) is 9.37. The van der Waals surface area contributed by atoms with E-state index in [1.807, 2.05) is 0 Å². The predicted molar refractivity (Wildman–Crippen MR) is 127 cm³/mol. The lowest BCUT2D eigenvalue weighted by molar-refractivity contribution is -0.132. The van der Waals surface area contributed by atoms with E-state index in [0.29, 0.717) is 17.0 Å². The molecule has 1 fully saturated rings. The van der Waals surface area contributed by atoms with Crippen LogP contribution in [0.15, 0.2) is 66.2 Å². The van der Waals surface area contributed by atoms with Crippen molar-refractivity contribution in [2.45, 2.75) is 6.04 Å². The van der Waals surface area contributed by atoms with Crippen LogP contribution in [0.1, 0.15) is 17.2 Å². The maximum absolute atomic E-state index is 13.7. The first-order valence-electron chi connectivity index (χ1n) is 10.0. The molecule has 0 spiro atoms. The maximum atomic E-state index is 13.7. The van der Waals surface area contributed by atoms with E-state index in [1.54, 1.807) is 24.3 Å². The zero-order valence-electron chi connectivity index (χ0n) is 18.0. The molecule has 0 aromatic heterocycles. The van der Waals surface area contributed by atoms with Crippen molar-refractivity contribution >= 4 is 46.3 Å². The van der Waals surface area contributed by atoms with Gasteiger partial charge in [-0.25, -0.2) is 4.39 Å². The summed E-state index contributed by atoms with van der Waals surface area (Å²) < 4.78 is 24.0. The Kier molecular flexibility index (Phi) is 6.50. The fourth-order valence-electron chi connectivity index (χ4n) is 3.87. The molecule has 0 aliphatic carbocycles. The van der Waals surface area contributed by atoms with Crippen molar-refractivity contribution < 1.29 is 28.6 Å². The Labute approximate surface area is 204 Å². The molecule has 1 aliphatic rings. The lowest BCUT2D eigenvalue weighted by atomic mass is 9.95. The molecule has 0 radical (unpaired) electrons. The number of methoxy groups -OCH3 is 2. The van der Waals surface area contributed by atoms with Crippen LogP contribution in [0.25, 0.3) is 5.76 Å². The van der Waals surface area contributed by atoms with Crippen LogP contribution in [0.2, 0.25) is 10.0 Å². The summed E-state index contributed by atoms with van der Waals surface area (Å²) in [5.74, 6) is -2.09. The van der Waals surface area contributed by atoms with E-state index in [0.717, 1.165) is 0 Å². The van der Waals surface area contributed by atoms with Crippen molar-refractivity contribution in [2.24, 2.45) is 0 Å². The summed E-state index contributed by atoms with van der Waals surface area (Å²) >= 11 is 12.4. The highest BCUT2D eigenvalue weighted by atomic mass is 35.5. The average molecular weight is 502 g/mol. The lowest BCUT2D eigenvalue weighted by Crippen LogP contribution is -2.29. The molecule has 3 aromatic carbocycles. The van der Waals surface area contributed by atoms with Crippen LogP contribution in [-0.2, 0) is 9.59 Å². The summed E-state index contributed by atoms with van der Waals surface area (Å²) in [6.07, 6.45) is 0. The summed E-state index contributed by atoms with van der Waals surface area (Å²) in [5.41, 5.74) is 0.694. The fourth-order valence-corrected chi connectivity index (χ4v) is 4.51. The third kappa shape index (κ3) is 4.08. The van der Waals surface area contributed by atoms with E-state index in [1.165, 1.54) is 55.5 Å². The number of aliphatic hydroxyl groups is 1. The van der Waals surface area contributed by atoms with Gasteiger partial charge in [0.05, 0.1) is 35.9 Å². The van der Waals surface area contributed by atoms with Gasteiger partial charge in [0, 0.05) is 17.3 Å². The highest BCUT2D eigenvalue weighted by Crippen LogP contribution is 2.44. The molecule has 1 heterocycles. The molecule has 9 heteroatoms. The van der Waals surface area contributed by atoms with Gasteiger partial charge in [-0.15, -0.1) is 0 Å². The van der Waals surface area contributed by atoms with Crippen molar-refractivity contribution in [3.05, 3.63) is 93.2 Å². The lowest BCUT2D eigenvalue weighted by Gasteiger charge is -2.25. The van der Waals surface area contributed by atoms with Gasteiger partial charge in [-0.3, -0.25) is 14.5 Å². The topological polar surface area (TPSA) is 76.1 Å². The number of nitrogens with zero attached hydrogens (tertiary/aromatic N) is 1. The number of carbonyl (C=O) groups excluding carboxylic acids is 2. The molecule has 1 saturated heterocycles. The maximum Gasteiger partial charge on any atom is 0.300 e. The van der Waals surface area contributed by atoms with Gasteiger partial charge in [0.1, 0.15) is 17.3 Å². The van der Waals surface area contributed by atoms with Crippen molar-refractivity contribution in [3.8, 4) is 11.5 Å². The Hall–Kier alpha value is -3.55. The van der Waals surface area contributed by atoms with E-state index < -0.39 is 29.3 Å². The molecule has 1 atom stereocenters. The molecule has 0 bridgehead atoms. The molecule has 0 saturated carbocycles. The Morgan fingerprint density at radius 1 is 0.971 bits per heavy atom. The number of aliphatic hydroxyl groups excluding tert-OH is 1. The average Bonchev–Trinajstić information content (AvgIpc) is 3.09. The second-order valence-electron chi connectivity index (χ2n) is 7.40. The number of benzene rings is 3. The van der Waals surface area contributed by atoms with Crippen LogP contribution in [-0.4, -0.2) is 31.0 Å². The monoisotopic (exact) mass is 501 g/mol. The number of amides is 1. The number of ether oxygens (including phenoxy) is 2. The largest absolute Gasteiger partial charge is 0.507 e. The Morgan fingerprint density at radius 2 is 1.62 bits per heavy atom. The predicted octanol–water partition coefficient (Wildman–Crippen LogP) is 5.78. The Morgan fingerprint density at radius 3 is 2.21 bits per heavy atom. The van der Waals surface area contributed by atoms with Crippen LogP contribution >= 0.6 is 23.2 Å². The number of ketones is 1. The van der Waals surface area contributed by atoms with Gasteiger partial charge in [-0.1, -0.05) is 41.4 Å². The van der Waals surface area contributed by atoms with Crippen molar-refractivity contribution in [2.75, 3.05) is 19.1 Å². The van der Waals surface area contributed by atoms with Crippen molar-refractivity contribution in [1.29, 1.82) is 0 Å². The van der Waals surface area contributed by atoms with Gasteiger partial charge in [0.15, 0.2) is 5.75 Å². The van der Waals surface area contributed by atoms with Crippen LogP contribution in [0.5, 0.6) is 11.5 Å². The van der Waals surface area contributed by atoms with Gasteiger partial charge in [-0.2, -0.15) is 0 Å². The number of hydrogen-bond acceptors (Lipinski definition) is 5. The highest BCUT2D eigenvalue weighted by Gasteiger charge is 2.47. The molecule has 34 heavy (non-hydrogen) atoms. The van der Waals surface area contributed by atoms with E-state index >= 15 is 0 Å². The van der Waals surface area contributed by atoms with E-state index in [-0.39, 0.29) is 26.9 Å². The molecule has 3 aromatic rings. The molecule has 6 nitrogen and oxygen atoms in total. The summed E-state index contributed by atoms with van der Waals surface area (Å²) in [5, 5.41) is 11.4. The highest BCUT2D eigenvalue weighted by molar-refractivity contribution is 6.51.